The molecule has 0 amide bonds. The molecule has 0 fully saturated rings. The van der Waals surface area contributed by atoms with Crippen LogP contribution in [0.5, 0.6) is 0 Å². The van der Waals surface area contributed by atoms with Crippen LogP contribution >= 0.6 is 15.9 Å². The highest BCUT2D eigenvalue weighted by atomic mass is 79.9. The first-order chi connectivity index (χ1) is 9.92. The first kappa shape index (κ1) is 15.9. The van der Waals surface area contributed by atoms with Crippen LogP contribution in [0.25, 0.3) is 0 Å². The lowest BCUT2D eigenvalue weighted by Gasteiger charge is -2.11. The topological polar surface area (TPSA) is 72.2 Å². The molecule has 2 aromatic rings. The minimum atomic E-state index is -3.62. The monoisotopic (exact) mass is 368 g/mol. The van der Waals surface area contributed by atoms with E-state index < -0.39 is 10.0 Å². The molecule has 0 aliphatic carbocycles. The number of hydrogen-bond donors (Lipinski definition) is 2. The number of nitrogens with two attached hydrogens (primary N) is 1. The predicted molar refractivity (Wildman–Crippen MR) is 89.8 cm³/mol. The molecule has 0 radical (unpaired) electrons. The summed E-state index contributed by atoms with van der Waals surface area (Å²) in [4.78, 5) is 0.233. The summed E-state index contributed by atoms with van der Waals surface area (Å²) >= 11 is 3.31. The van der Waals surface area contributed by atoms with Gasteiger partial charge in [0, 0.05) is 10.2 Å². The van der Waals surface area contributed by atoms with Crippen molar-refractivity contribution in [3.8, 4) is 0 Å². The molecule has 0 saturated carbocycles. The smallest absolute Gasteiger partial charge is 0.261 e. The normalized spacial score (nSPS) is 11.3. The molecule has 0 aliphatic rings. The van der Waals surface area contributed by atoms with E-state index in [4.69, 9.17) is 5.73 Å². The van der Waals surface area contributed by atoms with Crippen LogP contribution in [0.1, 0.15) is 18.9 Å². The Bertz CT molecular complexity index is 728. The van der Waals surface area contributed by atoms with E-state index in [1.165, 1.54) is 0 Å². The fourth-order valence-corrected chi connectivity index (χ4v) is 3.50. The third kappa shape index (κ3) is 3.98. The summed E-state index contributed by atoms with van der Waals surface area (Å²) in [5.41, 5.74) is 7.73. The SMILES string of the molecule is CCCc1ccc(S(=O)(=O)Nc2cc(N)ccc2Br)cc1. The van der Waals surface area contributed by atoms with Crippen molar-refractivity contribution in [1.29, 1.82) is 0 Å². The van der Waals surface area contributed by atoms with Gasteiger partial charge in [-0.05, 0) is 58.2 Å². The number of aryl methyl sites for hydroxylation is 1. The Hall–Kier alpha value is -1.53. The maximum absolute atomic E-state index is 12.4. The maximum atomic E-state index is 12.4. The van der Waals surface area contributed by atoms with E-state index in [-0.39, 0.29) is 4.90 Å². The molecule has 3 N–H and O–H groups in total. The summed E-state index contributed by atoms with van der Waals surface area (Å²) in [5, 5.41) is 0. The number of halogens is 1. The van der Waals surface area contributed by atoms with Gasteiger partial charge in [0.2, 0.25) is 0 Å². The zero-order valence-corrected chi connectivity index (χ0v) is 14.0. The van der Waals surface area contributed by atoms with E-state index in [9.17, 15) is 8.42 Å². The fourth-order valence-electron chi connectivity index (χ4n) is 1.95. The average molecular weight is 369 g/mol. The summed E-state index contributed by atoms with van der Waals surface area (Å²) in [5.74, 6) is 0. The quantitative estimate of drug-likeness (QED) is 0.788. The Morgan fingerprint density at radius 1 is 1.14 bits per heavy atom. The Labute approximate surface area is 133 Å². The lowest BCUT2D eigenvalue weighted by atomic mass is 10.1. The Kier molecular flexibility index (Phi) is 4.90. The van der Waals surface area contributed by atoms with Gasteiger partial charge in [-0.2, -0.15) is 0 Å². The molecule has 0 heterocycles. The summed E-state index contributed by atoms with van der Waals surface area (Å²) < 4.78 is 27.9. The molecule has 0 aliphatic heterocycles. The number of rotatable bonds is 5. The van der Waals surface area contributed by atoms with Crippen molar-refractivity contribution in [3.05, 3.63) is 52.5 Å². The zero-order valence-electron chi connectivity index (χ0n) is 11.6. The summed E-state index contributed by atoms with van der Waals surface area (Å²) in [6.45, 7) is 2.09. The predicted octanol–water partition coefficient (Wildman–Crippen LogP) is 3.78. The van der Waals surface area contributed by atoms with E-state index in [2.05, 4.69) is 27.6 Å². The van der Waals surface area contributed by atoms with Gasteiger partial charge in [0.25, 0.3) is 10.0 Å². The molecule has 6 heteroatoms. The Morgan fingerprint density at radius 3 is 2.43 bits per heavy atom. The highest BCUT2D eigenvalue weighted by molar-refractivity contribution is 9.10. The van der Waals surface area contributed by atoms with Crippen molar-refractivity contribution in [2.45, 2.75) is 24.7 Å². The Balaban J connectivity index is 2.27. The van der Waals surface area contributed by atoms with Gasteiger partial charge in [-0.3, -0.25) is 4.72 Å². The number of hydrogen-bond acceptors (Lipinski definition) is 3. The van der Waals surface area contributed by atoms with Crippen LogP contribution in [-0.2, 0) is 16.4 Å². The van der Waals surface area contributed by atoms with Crippen molar-refractivity contribution in [2.75, 3.05) is 10.5 Å². The molecule has 0 spiro atoms. The average Bonchev–Trinajstić information content (AvgIpc) is 2.44. The van der Waals surface area contributed by atoms with E-state index in [1.54, 1.807) is 30.3 Å². The van der Waals surface area contributed by atoms with Crippen LogP contribution in [0.3, 0.4) is 0 Å². The van der Waals surface area contributed by atoms with Crippen molar-refractivity contribution in [2.24, 2.45) is 0 Å². The zero-order chi connectivity index (χ0) is 15.5. The van der Waals surface area contributed by atoms with Gasteiger partial charge < -0.3 is 5.73 Å². The van der Waals surface area contributed by atoms with Gasteiger partial charge in [-0.15, -0.1) is 0 Å². The molecular weight excluding hydrogens is 352 g/mol. The number of benzene rings is 2. The molecular formula is C15H17BrN2O2S. The van der Waals surface area contributed by atoms with Crippen LogP contribution in [0.15, 0.2) is 51.8 Å². The second-order valence-corrected chi connectivity index (χ2v) is 7.28. The number of nitrogen functional groups attached to an aromatic ring is 1. The molecule has 4 nitrogen and oxygen atoms in total. The molecule has 2 aromatic carbocycles. The molecule has 0 atom stereocenters. The molecule has 0 saturated heterocycles. The minimum absolute atomic E-state index is 0.233. The number of sulfonamides is 1. The largest absolute Gasteiger partial charge is 0.399 e. The van der Waals surface area contributed by atoms with E-state index in [0.717, 1.165) is 18.4 Å². The van der Waals surface area contributed by atoms with Crippen LogP contribution in [-0.4, -0.2) is 8.42 Å². The van der Waals surface area contributed by atoms with Crippen LogP contribution in [0.2, 0.25) is 0 Å². The fraction of sp³-hybridized carbons (Fsp3) is 0.200. The first-order valence-corrected chi connectivity index (χ1v) is 8.87. The summed E-state index contributed by atoms with van der Waals surface area (Å²) in [6, 6.07) is 11.9. The molecule has 112 valence electrons. The molecule has 0 unspecified atom stereocenters. The van der Waals surface area contributed by atoms with Crippen LogP contribution < -0.4 is 10.5 Å². The van der Waals surface area contributed by atoms with Crippen molar-refractivity contribution in [1.82, 2.24) is 0 Å². The van der Waals surface area contributed by atoms with Crippen LogP contribution in [0.4, 0.5) is 11.4 Å². The van der Waals surface area contributed by atoms with Gasteiger partial charge >= 0.3 is 0 Å². The van der Waals surface area contributed by atoms with E-state index in [0.29, 0.717) is 15.8 Å². The highest BCUT2D eigenvalue weighted by Gasteiger charge is 2.15. The first-order valence-electron chi connectivity index (χ1n) is 6.59. The van der Waals surface area contributed by atoms with Crippen LogP contribution in [0, 0.1) is 0 Å². The van der Waals surface area contributed by atoms with Gasteiger partial charge in [-0.1, -0.05) is 25.5 Å². The summed E-state index contributed by atoms with van der Waals surface area (Å²) in [7, 11) is -3.62. The highest BCUT2D eigenvalue weighted by Crippen LogP contribution is 2.27. The third-order valence-electron chi connectivity index (χ3n) is 3.01. The van der Waals surface area contributed by atoms with Crippen molar-refractivity contribution < 1.29 is 8.42 Å². The molecule has 0 aromatic heterocycles. The lowest BCUT2D eigenvalue weighted by molar-refractivity contribution is 0.601. The Morgan fingerprint density at radius 2 is 1.81 bits per heavy atom. The standard InChI is InChI=1S/C15H17BrN2O2S/c1-2-3-11-4-7-13(8-5-11)21(19,20)18-15-10-12(17)6-9-14(15)16/h4-10,18H,2-3,17H2,1H3. The molecule has 2 rings (SSSR count). The lowest BCUT2D eigenvalue weighted by Crippen LogP contribution is -2.13. The van der Waals surface area contributed by atoms with Gasteiger partial charge in [-0.25, -0.2) is 8.42 Å². The van der Waals surface area contributed by atoms with Crippen molar-refractivity contribution in [3.63, 3.8) is 0 Å². The van der Waals surface area contributed by atoms with Gasteiger partial charge in [0.05, 0.1) is 10.6 Å². The van der Waals surface area contributed by atoms with Crippen molar-refractivity contribution >= 4 is 37.3 Å². The second kappa shape index (κ2) is 6.49. The van der Waals surface area contributed by atoms with E-state index in [1.807, 2.05) is 12.1 Å². The minimum Gasteiger partial charge on any atom is -0.399 e. The maximum Gasteiger partial charge on any atom is 0.261 e. The molecule has 21 heavy (non-hydrogen) atoms. The summed E-state index contributed by atoms with van der Waals surface area (Å²) in [6.07, 6.45) is 1.97. The van der Waals surface area contributed by atoms with E-state index >= 15 is 0 Å². The second-order valence-electron chi connectivity index (χ2n) is 4.74. The number of nitrogens with one attached hydrogen (secondary N) is 1. The van der Waals surface area contributed by atoms with Gasteiger partial charge in [0.15, 0.2) is 0 Å². The third-order valence-corrected chi connectivity index (χ3v) is 5.08. The van der Waals surface area contributed by atoms with Gasteiger partial charge in [0.1, 0.15) is 0 Å². The molecule has 0 bridgehead atoms. The number of anilines is 2.